The molecule has 1 N–H and O–H groups in total. The standard InChI is InChI=1S/C19H23ClN2/c20-18-10-6-7-16(13-18)14-21-15-19(22-11-4-5-12-22)17-8-2-1-3-9-17/h1-3,6-10,13,19,21H,4-5,11-12,14-15H2. The highest BCUT2D eigenvalue weighted by Gasteiger charge is 2.22. The predicted molar refractivity (Wildman–Crippen MR) is 93.1 cm³/mol. The summed E-state index contributed by atoms with van der Waals surface area (Å²) in [4.78, 5) is 2.60. The molecule has 0 spiro atoms. The average molecular weight is 315 g/mol. The van der Waals surface area contributed by atoms with Crippen LogP contribution in [0.25, 0.3) is 0 Å². The minimum Gasteiger partial charge on any atom is -0.311 e. The molecular formula is C19H23ClN2. The van der Waals surface area contributed by atoms with Crippen LogP contribution < -0.4 is 5.32 Å². The van der Waals surface area contributed by atoms with Gasteiger partial charge in [0.15, 0.2) is 0 Å². The second-order valence-electron chi connectivity index (χ2n) is 5.93. The van der Waals surface area contributed by atoms with Crippen LogP contribution in [0, 0.1) is 0 Å². The molecule has 0 aliphatic carbocycles. The van der Waals surface area contributed by atoms with Crippen LogP contribution in [-0.4, -0.2) is 24.5 Å². The molecule has 0 bridgehead atoms. The molecule has 22 heavy (non-hydrogen) atoms. The van der Waals surface area contributed by atoms with Gasteiger partial charge in [-0.2, -0.15) is 0 Å². The van der Waals surface area contributed by atoms with Crippen molar-refractivity contribution in [1.82, 2.24) is 10.2 Å². The summed E-state index contributed by atoms with van der Waals surface area (Å²) in [6, 6.07) is 19.4. The highest BCUT2D eigenvalue weighted by Crippen LogP contribution is 2.24. The zero-order chi connectivity index (χ0) is 15.2. The Balaban J connectivity index is 1.63. The smallest absolute Gasteiger partial charge is 0.0472 e. The van der Waals surface area contributed by atoms with E-state index in [0.717, 1.165) is 18.1 Å². The Kier molecular flexibility index (Phi) is 5.49. The molecule has 1 heterocycles. The molecule has 1 saturated heterocycles. The quantitative estimate of drug-likeness (QED) is 0.856. The van der Waals surface area contributed by atoms with E-state index >= 15 is 0 Å². The summed E-state index contributed by atoms with van der Waals surface area (Å²) in [7, 11) is 0. The van der Waals surface area contributed by atoms with Gasteiger partial charge in [-0.25, -0.2) is 0 Å². The van der Waals surface area contributed by atoms with E-state index in [1.165, 1.54) is 37.1 Å². The average Bonchev–Trinajstić information content (AvgIpc) is 3.07. The molecule has 116 valence electrons. The van der Waals surface area contributed by atoms with Gasteiger partial charge < -0.3 is 5.32 Å². The van der Waals surface area contributed by atoms with Crippen LogP contribution in [0.5, 0.6) is 0 Å². The van der Waals surface area contributed by atoms with Crippen molar-refractivity contribution in [1.29, 1.82) is 0 Å². The summed E-state index contributed by atoms with van der Waals surface area (Å²) >= 11 is 6.05. The number of likely N-dealkylation sites (tertiary alicyclic amines) is 1. The summed E-state index contributed by atoms with van der Waals surface area (Å²) in [5.74, 6) is 0. The van der Waals surface area contributed by atoms with E-state index in [2.05, 4.69) is 46.6 Å². The Bertz CT molecular complexity index is 579. The van der Waals surface area contributed by atoms with Gasteiger partial charge in [-0.3, -0.25) is 4.90 Å². The zero-order valence-electron chi connectivity index (χ0n) is 12.8. The van der Waals surface area contributed by atoms with Crippen LogP contribution in [0.4, 0.5) is 0 Å². The molecule has 1 aliphatic rings. The lowest BCUT2D eigenvalue weighted by molar-refractivity contribution is 0.238. The Labute approximate surface area is 138 Å². The van der Waals surface area contributed by atoms with E-state index in [-0.39, 0.29) is 0 Å². The summed E-state index contributed by atoms with van der Waals surface area (Å²) in [6.07, 6.45) is 2.63. The van der Waals surface area contributed by atoms with Gasteiger partial charge in [0.1, 0.15) is 0 Å². The molecule has 0 aromatic heterocycles. The first kappa shape index (κ1) is 15.5. The number of benzene rings is 2. The number of nitrogens with zero attached hydrogens (tertiary/aromatic N) is 1. The number of nitrogens with one attached hydrogen (secondary N) is 1. The third-order valence-corrected chi connectivity index (χ3v) is 4.56. The van der Waals surface area contributed by atoms with Crippen molar-refractivity contribution in [3.05, 3.63) is 70.7 Å². The fraction of sp³-hybridized carbons (Fsp3) is 0.368. The maximum atomic E-state index is 6.05. The second kappa shape index (κ2) is 7.77. The van der Waals surface area contributed by atoms with E-state index in [1.807, 2.05) is 18.2 Å². The van der Waals surface area contributed by atoms with Crippen molar-refractivity contribution in [2.75, 3.05) is 19.6 Å². The van der Waals surface area contributed by atoms with Gasteiger partial charge in [-0.05, 0) is 49.2 Å². The van der Waals surface area contributed by atoms with E-state index in [0.29, 0.717) is 6.04 Å². The molecule has 0 saturated carbocycles. The lowest BCUT2D eigenvalue weighted by Gasteiger charge is -2.28. The van der Waals surface area contributed by atoms with Gasteiger partial charge in [-0.15, -0.1) is 0 Å². The zero-order valence-corrected chi connectivity index (χ0v) is 13.6. The number of halogens is 1. The predicted octanol–water partition coefficient (Wildman–Crippen LogP) is 4.27. The van der Waals surface area contributed by atoms with Crippen molar-refractivity contribution in [2.24, 2.45) is 0 Å². The van der Waals surface area contributed by atoms with Crippen LogP contribution in [-0.2, 0) is 6.54 Å². The van der Waals surface area contributed by atoms with Crippen molar-refractivity contribution in [3.8, 4) is 0 Å². The van der Waals surface area contributed by atoms with Crippen LogP contribution >= 0.6 is 11.6 Å². The second-order valence-corrected chi connectivity index (χ2v) is 6.37. The molecular weight excluding hydrogens is 292 g/mol. The number of hydrogen-bond acceptors (Lipinski definition) is 2. The molecule has 2 nitrogen and oxygen atoms in total. The largest absolute Gasteiger partial charge is 0.311 e. The third-order valence-electron chi connectivity index (χ3n) is 4.32. The van der Waals surface area contributed by atoms with Crippen LogP contribution in [0.1, 0.15) is 30.0 Å². The van der Waals surface area contributed by atoms with Gasteiger partial charge >= 0.3 is 0 Å². The Morgan fingerprint density at radius 1 is 1.00 bits per heavy atom. The maximum Gasteiger partial charge on any atom is 0.0472 e. The molecule has 2 aromatic carbocycles. The van der Waals surface area contributed by atoms with E-state index < -0.39 is 0 Å². The fourth-order valence-corrected chi connectivity index (χ4v) is 3.40. The Morgan fingerprint density at radius 3 is 2.50 bits per heavy atom. The Hall–Kier alpha value is -1.35. The summed E-state index contributed by atoms with van der Waals surface area (Å²) < 4.78 is 0. The van der Waals surface area contributed by atoms with Gasteiger partial charge in [0.25, 0.3) is 0 Å². The first-order chi connectivity index (χ1) is 10.8. The minimum atomic E-state index is 0.461. The molecule has 2 aromatic rings. The van der Waals surface area contributed by atoms with Gasteiger partial charge in [-0.1, -0.05) is 54.1 Å². The van der Waals surface area contributed by atoms with Gasteiger partial charge in [0.05, 0.1) is 0 Å². The topological polar surface area (TPSA) is 15.3 Å². The van der Waals surface area contributed by atoms with Crippen molar-refractivity contribution >= 4 is 11.6 Å². The molecule has 1 atom stereocenters. The molecule has 1 unspecified atom stereocenters. The molecule has 0 radical (unpaired) electrons. The highest BCUT2D eigenvalue weighted by molar-refractivity contribution is 6.30. The molecule has 1 fully saturated rings. The van der Waals surface area contributed by atoms with Crippen molar-refractivity contribution < 1.29 is 0 Å². The molecule has 0 amide bonds. The molecule has 1 aliphatic heterocycles. The molecule has 3 heteroatoms. The summed E-state index contributed by atoms with van der Waals surface area (Å²) in [5, 5.41) is 4.41. The number of rotatable bonds is 6. The van der Waals surface area contributed by atoms with Crippen LogP contribution in [0.3, 0.4) is 0 Å². The lowest BCUT2D eigenvalue weighted by Crippen LogP contribution is -2.34. The number of hydrogen-bond donors (Lipinski definition) is 1. The normalized spacial score (nSPS) is 16.8. The van der Waals surface area contributed by atoms with Crippen LogP contribution in [0.15, 0.2) is 54.6 Å². The molecule has 3 rings (SSSR count). The minimum absolute atomic E-state index is 0.461. The van der Waals surface area contributed by atoms with Crippen LogP contribution in [0.2, 0.25) is 5.02 Å². The fourth-order valence-electron chi connectivity index (χ4n) is 3.19. The summed E-state index contributed by atoms with van der Waals surface area (Å²) in [5.41, 5.74) is 2.64. The Morgan fingerprint density at radius 2 is 1.77 bits per heavy atom. The first-order valence-electron chi connectivity index (χ1n) is 8.07. The van der Waals surface area contributed by atoms with E-state index in [9.17, 15) is 0 Å². The SMILES string of the molecule is Clc1cccc(CNCC(c2ccccc2)N2CCCC2)c1. The summed E-state index contributed by atoms with van der Waals surface area (Å²) in [6.45, 7) is 4.24. The van der Waals surface area contributed by atoms with Crippen molar-refractivity contribution in [3.63, 3.8) is 0 Å². The monoisotopic (exact) mass is 314 g/mol. The van der Waals surface area contributed by atoms with E-state index in [1.54, 1.807) is 0 Å². The first-order valence-corrected chi connectivity index (χ1v) is 8.45. The van der Waals surface area contributed by atoms with E-state index in [4.69, 9.17) is 11.6 Å². The highest BCUT2D eigenvalue weighted by atomic mass is 35.5. The van der Waals surface area contributed by atoms with Gasteiger partial charge in [0, 0.05) is 24.2 Å². The maximum absolute atomic E-state index is 6.05. The van der Waals surface area contributed by atoms with Crippen molar-refractivity contribution in [2.45, 2.75) is 25.4 Å². The third kappa shape index (κ3) is 4.10. The lowest BCUT2D eigenvalue weighted by atomic mass is 10.1. The van der Waals surface area contributed by atoms with Gasteiger partial charge in [0.2, 0.25) is 0 Å².